The van der Waals surface area contributed by atoms with Crippen LogP contribution in [-0.4, -0.2) is 19.9 Å². The molecular formula is C12H9N5O2. The van der Waals surface area contributed by atoms with Crippen molar-refractivity contribution in [2.45, 2.75) is 0 Å². The molecule has 0 bridgehead atoms. The smallest absolute Gasteiger partial charge is 0.271 e. The molecular weight excluding hydrogens is 246 g/mol. The average Bonchev–Trinajstić information content (AvgIpc) is 2.88. The second kappa shape index (κ2) is 4.37. The minimum atomic E-state index is -0.433. The van der Waals surface area contributed by atoms with E-state index in [1.165, 1.54) is 18.5 Å². The van der Waals surface area contributed by atoms with E-state index in [2.05, 4.69) is 20.3 Å². The number of nitro groups is 1. The molecule has 0 radical (unpaired) electrons. The third kappa shape index (κ3) is 2.08. The van der Waals surface area contributed by atoms with Gasteiger partial charge in [0.05, 0.1) is 10.3 Å². The Bertz CT molecular complexity index is 752. The number of benzene rings is 1. The van der Waals surface area contributed by atoms with Gasteiger partial charge in [0.25, 0.3) is 5.69 Å². The molecule has 2 aromatic heterocycles. The Morgan fingerprint density at radius 1 is 1.26 bits per heavy atom. The van der Waals surface area contributed by atoms with Crippen LogP contribution >= 0.6 is 0 Å². The summed E-state index contributed by atoms with van der Waals surface area (Å²) in [4.78, 5) is 21.5. The van der Waals surface area contributed by atoms with Gasteiger partial charge in [0.2, 0.25) is 0 Å². The number of hydrogen-bond donors (Lipinski definition) is 2. The van der Waals surface area contributed by atoms with E-state index in [0.717, 1.165) is 5.39 Å². The Kier molecular flexibility index (Phi) is 2.57. The lowest BCUT2D eigenvalue weighted by molar-refractivity contribution is -0.384. The molecule has 0 fully saturated rings. The van der Waals surface area contributed by atoms with Gasteiger partial charge in [0.1, 0.15) is 17.8 Å². The fraction of sp³-hybridized carbons (Fsp3) is 0. The van der Waals surface area contributed by atoms with Crippen LogP contribution in [-0.2, 0) is 0 Å². The maximum atomic E-state index is 10.7. The van der Waals surface area contributed by atoms with Crippen molar-refractivity contribution >= 4 is 28.2 Å². The molecule has 94 valence electrons. The molecule has 0 saturated carbocycles. The van der Waals surface area contributed by atoms with Gasteiger partial charge in [-0.25, -0.2) is 9.97 Å². The largest absolute Gasteiger partial charge is 0.346 e. The second-order valence-corrected chi connectivity index (χ2v) is 3.89. The number of non-ortho nitro benzene ring substituents is 1. The van der Waals surface area contributed by atoms with Gasteiger partial charge in [-0.05, 0) is 12.1 Å². The van der Waals surface area contributed by atoms with E-state index in [9.17, 15) is 10.1 Å². The number of nitro benzene ring substituents is 1. The van der Waals surface area contributed by atoms with Crippen LogP contribution in [0.25, 0.3) is 11.0 Å². The number of nitrogens with one attached hydrogen (secondary N) is 2. The number of aromatic nitrogens is 3. The van der Waals surface area contributed by atoms with Crippen molar-refractivity contribution in [1.29, 1.82) is 0 Å². The number of aromatic amines is 1. The molecule has 0 amide bonds. The van der Waals surface area contributed by atoms with Gasteiger partial charge in [-0.2, -0.15) is 0 Å². The number of H-pyrrole nitrogens is 1. The summed E-state index contributed by atoms with van der Waals surface area (Å²) in [5.74, 6) is 0.603. The summed E-state index contributed by atoms with van der Waals surface area (Å²) >= 11 is 0. The first-order valence-corrected chi connectivity index (χ1v) is 5.53. The fourth-order valence-electron chi connectivity index (χ4n) is 1.81. The monoisotopic (exact) mass is 255 g/mol. The number of fused-ring (bicyclic) bond motifs is 1. The van der Waals surface area contributed by atoms with Crippen molar-refractivity contribution in [3.8, 4) is 0 Å². The van der Waals surface area contributed by atoms with E-state index >= 15 is 0 Å². The average molecular weight is 255 g/mol. The Balaban J connectivity index is 1.99. The molecule has 0 saturated heterocycles. The molecule has 0 spiro atoms. The Labute approximate surface area is 107 Å². The molecule has 1 aromatic carbocycles. The number of anilines is 2. The first-order valence-electron chi connectivity index (χ1n) is 5.53. The molecule has 3 rings (SSSR count). The molecule has 0 aliphatic rings. The number of nitrogens with zero attached hydrogens (tertiary/aromatic N) is 3. The van der Waals surface area contributed by atoms with Gasteiger partial charge in [-0.15, -0.1) is 0 Å². The minimum Gasteiger partial charge on any atom is -0.346 e. The highest BCUT2D eigenvalue weighted by molar-refractivity contribution is 5.88. The van der Waals surface area contributed by atoms with Crippen LogP contribution in [0.5, 0.6) is 0 Å². The van der Waals surface area contributed by atoms with E-state index < -0.39 is 4.92 Å². The van der Waals surface area contributed by atoms with E-state index in [0.29, 0.717) is 17.2 Å². The quantitative estimate of drug-likeness (QED) is 0.553. The van der Waals surface area contributed by atoms with Crippen molar-refractivity contribution in [1.82, 2.24) is 15.0 Å². The molecule has 0 aliphatic heterocycles. The third-order valence-corrected chi connectivity index (χ3v) is 2.67. The van der Waals surface area contributed by atoms with Crippen molar-refractivity contribution < 1.29 is 4.92 Å². The zero-order valence-electron chi connectivity index (χ0n) is 9.70. The molecule has 19 heavy (non-hydrogen) atoms. The van der Waals surface area contributed by atoms with Gasteiger partial charge < -0.3 is 10.3 Å². The standard InChI is InChI=1S/C12H9N5O2/c18-17(19)9-3-1-2-8(6-9)16-12-10-4-5-13-11(10)14-7-15-12/h1-7H,(H2,13,14,15,16). The maximum absolute atomic E-state index is 10.7. The van der Waals surface area contributed by atoms with Crippen molar-refractivity contribution in [3.05, 3.63) is 53.0 Å². The third-order valence-electron chi connectivity index (χ3n) is 2.67. The highest BCUT2D eigenvalue weighted by atomic mass is 16.6. The van der Waals surface area contributed by atoms with Gasteiger partial charge in [-0.1, -0.05) is 6.07 Å². The van der Waals surface area contributed by atoms with E-state index in [1.54, 1.807) is 18.3 Å². The molecule has 0 unspecified atom stereocenters. The first-order chi connectivity index (χ1) is 9.24. The zero-order valence-corrected chi connectivity index (χ0v) is 9.70. The molecule has 3 aromatic rings. The lowest BCUT2D eigenvalue weighted by atomic mass is 10.2. The van der Waals surface area contributed by atoms with Crippen LogP contribution in [0.1, 0.15) is 0 Å². The number of rotatable bonds is 3. The van der Waals surface area contributed by atoms with Gasteiger partial charge >= 0.3 is 0 Å². The Hall–Kier alpha value is -2.96. The lowest BCUT2D eigenvalue weighted by Gasteiger charge is -2.05. The summed E-state index contributed by atoms with van der Waals surface area (Å²) in [6.07, 6.45) is 3.19. The molecule has 0 atom stereocenters. The van der Waals surface area contributed by atoms with Gasteiger partial charge in [0.15, 0.2) is 0 Å². The molecule has 2 N–H and O–H groups in total. The van der Waals surface area contributed by atoms with Crippen LogP contribution in [0.2, 0.25) is 0 Å². The van der Waals surface area contributed by atoms with Crippen LogP contribution < -0.4 is 5.32 Å². The van der Waals surface area contributed by atoms with Crippen LogP contribution in [0.3, 0.4) is 0 Å². The summed E-state index contributed by atoms with van der Waals surface area (Å²) in [7, 11) is 0. The molecule has 7 nitrogen and oxygen atoms in total. The van der Waals surface area contributed by atoms with Crippen LogP contribution in [0, 0.1) is 10.1 Å². The van der Waals surface area contributed by atoms with Crippen LogP contribution in [0.4, 0.5) is 17.2 Å². The van der Waals surface area contributed by atoms with E-state index in [4.69, 9.17) is 0 Å². The van der Waals surface area contributed by atoms with Crippen molar-refractivity contribution in [2.75, 3.05) is 5.32 Å². The Morgan fingerprint density at radius 2 is 2.16 bits per heavy atom. The highest BCUT2D eigenvalue weighted by Gasteiger charge is 2.08. The number of hydrogen-bond acceptors (Lipinski definition) is 5. The predicted molar refractivity (Wildman–Crippen MR) is 70.3 cm³/mol. The summed E-state index contributed by atoms with van der Waals surface area (Å²) in [6.45, 7) is 0. The summed E-state index contributed by atoms with van der Waals surface area (Å²) in [5.41, 5.74) is 1.35. The second-order valence-electron chi connectivity index (χ2n) is 3.89. The molecule has 0 aliphatic carbocycles. The summed E-state index contributed by atoms with van der Waals surface area (Å²) < 4.78 is 0. The zero-order chi connectivity index (χ0) is 13.2. The summed E-state index contributed by atoms with van der Waals surface area (Å²) in [6, 6.07) is 8.11. The van der Waals surface area contributed by atoms with Gasteiger partial charge in [0, 0.05) is 24.0 Å². The normalized spacial score (nSPS) is 10.5. The molecule has 7 heteroatoms. The Morgan fingerprint density at radius 3 is 3.00 bits per heavy atom. The maximum Gasteiger partial charge on any atom is 0.271 e. The summed E-state index contributed by atoms with van der Waals surface area (Å²) in [5, 5.41) is 14.6. The molecule has 2 heterocycles. The van der Waals surface area contributed by atoms with Crippen molar-refractivity contribution in [3.63, 3.8) is 0 Å². The van der Waals surface area contributed by atoms with E-state index in [-0.39, 0.29) is 5.69 Å². The SMILES string of the molecule is O=[N+]([O-])c1cccc(Nc2ncnc3[nH]ccc23)c1. The van der Waals surface area contributed by atoms with E-state index in [1.807, 2.05) is 6.07 Å². The minimum absolute atomic E-state index is 0.0318. The van der Waals surface area contributed by atoms with Crippen LogP contribution in [0.15, 0.2) is 42.9 Å². The topological polar surface area (TPSA) is 96.7 Å². The lowest BCUT2D eigenvalue weighted by Crippen LogP contribution is -1.96. The first kappa shape index (κ1) is 11.1. The highest BCUT2D eigenvalue weighted by Crippen LogP contribution is 2.24. The van der Waals surface area contributed by atoms with Crippen molar-refractivity contribution in [2.24, 2.45) is 0 Å². The van der Waals surface area contributed by atoms with Gasteiger partial charge in [-0.3, -0.25) is 10.1 Å². The fourth-order valence-corrected chi connectivity index (χ4v) is 1.81. The predicted octanol–water partition coefficient (Wildman–Crippen LogP) is 2.61.